The molecule has 0 heterocycles. The lowest BCUT2D eigenvalue weighted by Crippen LogP contribution is -2.14. The van der Waals surface area contributed by atoms with E-state index in [1.165, 1.54) is 5.56 Å². The van der Waals surface area contributed by atoms with Gasteiger partial charge >= 0.3 is 0 Å². The quantitative estimate of drug-likeness (QED) is 0.860. The van der Waals surface area contributed by atoms with Crippen molar-refractivity contribution in [1.29, 1.82) is 0 Å². The second-order valence-electron chi connectivity index (χ2n) is 5.13. The molecule has 0 unspecified atom stereocenters. The topological polar surface area (TPSA) is 29.1 Å². The number of carbonyl (C=O) groups is 1. The van der Waals surface area contributed by atoms with E-state index in [0.29, 0.717) is 12.3 Å². The Morgan fingerprint density at radius 1 is 1.05 bits per heavy atom. The molecule has 0 aliphatic heterocycles. The van der Waals surface area contributed by atoms with Crippen LogP contribution in [-0.2, 0) is 11.2 Å². The molecular weight excluding hydrogens is 314 g/mol. The van der Waals surface area contributed by atoms with Crippen molar-refractivity contribution >= 4 is 27.5 Å². The smallest absolute Gasteiger partial charge is 0.228 e. The maximum Gasteiger partial charge on any atom is 0.228 e. The Morgan fingerprint density at radius 2 is 1.65 bits per heavy atom. The van der Waals surface area contributed by atoms with Crippen molar-refractivity contribution in [3.63, 3.8) is 0 Å². The number of amides is 1. The molecule has 2 aromatic carbocycles. The van der Waals surface area contributed by atoms with Crippen LogP contribution < -0.4 is 5.32 Å². The zero-order chi connectivity index (χ0) is 14.5. The molecule has 0 aromatic heterocycles. The Morgan fingerprint density at radius 3 is 2.20 bits per heavy atom. The number of nitrogens with one attached hydrogen (secondary N) is 1. The molecule has 1 amide bonds. The van der Waals surface area contributed by atoms with Gasteiger partial charge in [0.15, 0.2) is 0 Å². The number of benzene rings is 2. The van der Waals surface area contributed by atoms with Crippen molar-refractivity contribution in [2.24, 2.45) is 0 Å². The zero-order valence-electron chi connectivity index (χ0n) is 11.7. The van der Waals surface area contributed by atoms with Gasteiger partial charge in [-0.3, -0.25) is 4.79 Å². The second-order valence-corrected chi connectivity index (χ2v) is 6.04. The molecule has 0 bridgehead atoms. The first kappa shape index (κ1) is 14.8. The predicted molar refractivity (Wildman–Crippen MR) is 87.0 cm³/mol. The summed E-state index contributed by atoms with van der Waals surface area (Å²) in [6.45, 7) is 4.31. The average Bonchev–Trinajstić information content (AvgIpc) is 2.42. The molecular formula is C17H18BrNO. The Kier molecular flexibility index (Phi) is 4.96. The first-order valence-corrected chi connectivity index (χ1v) is 7.48. The van der Waals surface area contributed by atoms with Crippen molar-refractivity contribution in [1.82, 2.24) is 0 Å². The molecule has 0 aliphatic rings. The first-order chi connectivity index (χ1) is 9.54. The highest BCUT2D eigenvalue weighted by molar-refractivity contribution is 9.10. The number of hydrogen-bond donors (Lipinski definition) is 1. The summed E-state index contributed by atoms with van der Waals surface area (Å²) in [6, 6.07) is 15.8. The Labute approximate surface area is 128 Å². The third-order valence-electron chi connectivity index (χ3n) is 3.14. The lowest BCUT2D eigenvalue weighted by atomic mass is 10.0. The van der Waals surface area contributed by atoms with Crippen molar-refractivity contribution in [2.75, 3.05) is 5.32 Å². The van der Waals surface area contributed by atoms with Crippen molar-refractivity contribution in [3.8, 4) is 0 Å². The summed E-state index contributed by atoms with van der Waals surface area (Å²) in [7, 11) is 0. The molecule has 1 N–H and O–H groups in total. The predicted octanol–water partition coefficient (Wildman–Crippen LogP) is 4.75. The third kappa shape index (κ3) is 4.20. The van der Waals surface area contributed by atoms with E-state index in [4.69, 9.17) is 0 Å². The SMILES string of the molecule is CC(C)c1ccc(NC(=O)Cc2ccc(Br)cc2)cc1. The molecule has 0 radical (unpaired) electrons. The van der Waals surface area contributed by atoms with Crippen LogP contribution in [0.2, 0.25) is 0 Å². The number of halogens is 1. The molecule has 2 aromatic rings. The minimum Gasteiger partial charge on any atom is -0.326 e. The van der Waals surface area contributed by atoms with Crippen LogP contribution in [0.3, 0.4) is 0 Å². The fraction of sp³-hybridized carbons (Fsp3) is 0.235. The van der Waals surface area contributed by atoms with Crippen LogP contribution in [-0.4, -0.2) is 5.91 Å². The van der Waals surface area contributed by atoms with E-state index in [1.807, 2.05) is 36.4 Å². The van der Waals surface area contributed by atoms with Gasteiger partial charge in [0, 0.05) is 10.2 Å². The van der Waals surface area contributed by atoms with Gasteiger partial charge < -0.3 is 5.32 Å². The fourth-order valence-corrected chi connectivity index (χ4v) is 2.21. The number of anilines is 1. The summed E-state index contributed by atoms with van der Waals surface area (Å²) in [6.07, 6.45) is 0.388. The second kappa shape index (κ2) is 6.71. The van der Waals surface area contributed by atoms with Gasteiger partial charge in [-0.2, -0.15) is 0 Å². The highest BCUT2D eigenvalue weighted by atomic mass is 79.9. The van der Waals surface area contributed by atoms with E-state index in [2.05, 4.69) is 47.2 Å². The van der Waals surface area contributed by atoms with Gasteiger partial charge in [-0.1, -0.05) is 54.0 Å². The first-order valence-electron chi connectivity index (χ1n) is 6.69. The van der Waals surface area contributed by atoms with E-state index in [-0.39, 0.29) is 5.91 Å². The standard InChI is InChI=1S/C17H18BrNO/c1-12(2)14-5-9-16(10-6-14)19-17(20)11-13-3-7-15(18)8-4-13/h3-10,12H,11H2,1-2H3,(H,19,20). The largest absolute Gasteiger partial charge is 0.326 e. The highest BCUT2D eigenvalue weighted by Gasteiger charge is 2.05. The maximum atomic E-state index is 12.0. The molecule has 2 nitrogen and oxygen atoms in total. The highest BCUT2D eigenvalue weighted by Crippen LogP contribution is 2.17. The van der Waals surface area contributed by atoms with Gasteiger partial charge in [0.1, 0.15) is 0 Å². The summed E-state index contributed by atoms with van der Waals surface area (Å²) >= 11 is 3.38. The molecule has 0 saturated carbocycles. The fourth-order valence-electron chi connectivity index (χ4n) is 1.94. The van der Waals surface area contributed by atoms with Gasteiger partial charge in [0.25, 0.3) is 0 Å². The Hall–Kier alpha value is -1.61. The van der Waals surface area contributed by atoms with Crippen LogP contribution >= 0.6 is 15.9 Å². The van der Waals surface area contributed by atoms with E-state index < -0.39 is 0 Å². The Bertz CT molecular complexity index is 573. The van der Waals surface area contributed by atoms with E-state index in [9.17, 15) is 4.79 Å². The number of hydrogen-bond acceptors (Lipinski definition) is 1. The zero-order valence-corrected chi connectivity index (χ0v) is 13.3. The normalized spacial score (nSPS) is 10.6. The summed E-state index contributed by atoms with van der Waals surface area (Å²) in [5, 5.41) is 2.92. The van der Waals surface area contributed by atoms with Crippen LogP contribution in [0.5, 0.6) is 0 Å². The summed E-state index contributed by atoms with van der Waals surface area (Å²) in [4.78, 5) is 12.0. The Balaban J connectivity index is 1.95. The van der Waals surface area contributed by atoms with Crippen LogP contribution in [0.15, 0.2) is 53.0 Å². The number of rotatable bonds is 4. The molecule has 0 aliphatic carbocycles. The van der Waals surface area contributed by atoms with Crippen LogP contribution in [0.4, 0.5) is 5.69 Å². The summed E-state index contributed by atoms with van der Waals surface area (Å²) in [5.41, 5.74) is 3.12. The van der Waals surface area contributed by atoms with E-state index in [1.54, 1.807) is 0 Å². The van der Waals surface area contributed by atoms with Gasteiger partial charge in [0.2, 0.25) is 5.91 Å². The van der Waals surface area contributed by atoms with Crippen molar-refractivity contribution < 1.29 is 4.79 Å². The molecule has 0 fully saturated rings. The molecule has 104 valence electrons. The van der Waals surface area contributed by atoms with Crippen molar-refractivity contribution in [2.45, 2.75) is 26.2 Å². The average molecular weight is 332 g/mol. The minimum absolute atomic E-state index is 0.00428. The van der Waals surface area contributed by atoms with E-state index >= 15 is 0 Å². The van der Waals surface area contributed by atoms with Gasteiger partial charge in [-0.15, -0.1) is 0 Å². The monoisotopic (exact) mass is 331 g/mol. The number of carbonyl (C=O) groups excluding carboxylic acids is 1. The molecule has 2 rings (SSSR count). The summed E-state index contributed by atoms with van der Waals surface area (Å²) < 4.78 is 1.02. The third-order valence-corrected chi connectivity index (χ3v) is 3.67. The van der Waals surface area contributed by atoms with Crippen LogP contribution in [0.1, 0.15) is 30.9 Å². The molecule has 0 saturated heterocycles. The van der Waals surface area contributed by atoms with E-state index in [0.717, 1.165) is 15.7 Å². The lowest BCUT2D eigenvalue weighted by molar-refractivity contribution is -0.115. The van der Waals surface area contributed by atoms with Gasteiger partial charge in [-0.25, -0.2) is 0 Å². The van der Waals surface area contributed by atoms with Gasteiger partial charge in [-0.05, 0) is 41.3 Å². The maximum absolute atomic E-state index is 12.0. The molecule has 3 heteroatoms. The molecule has 20 heavy (non-hydrogen) atoms. The van der Waals surface area contributed by atoms with Crippen molar-refractivity contribution in [3.05, 3.63) is 64.1 Å². The minimum atomic E-state index is 0.00428. The van der Waals surface area contributed by atoms with Gasteiger partial charge in [0.05, 0.1) is 6.42 Å². The van der Waals surface area contributed by atoms with Crippen LogP contribution in [0, 0.1) is 0 Å². The molecule has 0 spiro atoms. The molecule has 0 atom stereocenters. The van der Waals surface area contributed by atoms with Crippen LogP contribution in [0.25, 0.3) is 0 Å². The summed E-state index contributed by atoms with van der Waals surface area (Å²) in [5.74, 6) is 0.507. The lowest BCUT2D eigenvalue weighted by Gasteiger charge is -2.08.